The lowest BCUT2D eigenvalue weighted by Crippen LogP contribution is -2.17. The normalized spacial score (nSPS) is 19.0. The van der Waals surface area contributed by atoms with Crippen molar-refractivity contribution in [1.29, 1.82) is 0 Å². The van der Waals surface area contributed by atoms with E-state index in [1.807, 2.05) is 18.4 Å². The molecule has 0 radical (unpaired) electrons. The van der Waals surface area contributed by atoms with Crippen LogP contribution in [-0.2, 0) is 6.42 Å². The van der Waals surface area contributed by atoms with Gasteiger partial charge in [0.05, 0.1) is 6.04 Å². The number of hydrogen-bond donors (Lipinski definition) is 1. The highest BCUT2D eigenvalue weighted by Gasteiger charge is 2.22. The Labute approximate surface area is 118 Å². The molecule has 0 saturated heterocycles. The van der Waals surface area contributed by atoms with E-state index in [0.29, 0.717) is 6.10 Å². The van der Waals surface area contributed by atoms with Gasteiger partial charge in [0.2, 0.25) is 0 Å². The predicted octanol–water partition coefficient (Wildman–Crippen LogP) is 3.69. The number of rotatable bonds is 3. The predicted molar refractivity (Wildman–Crippen MR) is 80.2 cm³/mol. The maximum atomic E-state index is 5.77. The summed E-state index contributed by atoms with van der Waals surface area (Å²) in [6.07, 6.45) is 1.32. The second-order valence-electron chi connectivity index (χ2n) is 5.19. The summed E-state index contributed by atoms with van der Waals surface area (Å²) in [6, 6.07) is 9.04. The number of benzene rings is 1. The van der Waals surface area contributed by atoms with Crippen molar-refractivity contribution in [2.75, 3.05) is 7.05 Å². The van der Waals surface area contributed by atoms with Gasteiger partial charge in [-0.15, -0.1) is 11.3 Å². The number of fused-ring (bicyclic) bond motifs is 1. The molecule has 1 aliphatic heterocycles. The molecule has 2 atom stereocenters. The third-order valence-electron chi connectivity index (χ3n) is 3.71. The fraction of sp³-hybridized carbons (Fsp3) is 0.375. The topological polar surface area (TPSA) is 21.3 Å². The van der Waals surface area contributed by atoms with E-state index in [1.54, 1.807) is 0 Å². The summed E-state index contributed by atoms with van der Waals surface area (Å²) in [5.74, 6) is 1.05. The Kier molecular flexibility index (Phi) is 3.33. The molecule has 2 aromatic rings. The molecule has 1 N–H and O–H groups in total. The van der Waals surface area contributed by atoms with Gasteiger partial charge in [0.25, 0.3) is 0 Å². The Balaban J connectivity index is 1.97. The van der Waals surface area contributed by atoms with Crippen LogP contribution in [-0.4, -0.2) is 13.2 Å². The summed E-state index contributed by atoms with van der Waals surface area (Å²) >= 11 is 1.82. The van der Waals surface area contributed by atoms with Crippen LogP contribution in [0.15, 0.2) is 29.6 Å². The van der Waals surface area contributed by atoms with Crippen LogP contribution in [0.2, 0.25) is 0 Å². The molecule has 1 aromatic carbocycles. The fourth-order valence-corrected chi connectivity index (χ4v) is 3.81. The maximum Gasteiger partial charge on any atom is 0.123 e. The number of nitrogens with one attached hydrogen (secondary N) is 1. The molecule has 3 heteroatoms. The molecule has 0 saturated carbocycles. The SMILES string of the molecule is CNC(c1ccc2c(c1)CC(C)O2)c1sccc1C. The van der Waals surface area contributed by atoms with Crippen molar-refractivity contribution >= 4 is 11.3 Å². The molecule has 2 nitrogen and oxygen atoms in total. The van der Waals surface area contributed by atoms with Crippen molar-refractivity contribution in [2.24, 2.45) is 0 Å². The first-order chi connectivity index (χ1) is 9.19. The largest absolute Gasteiger partial charge is 0.490 e. The van der Waals surface area contributed by atoms with E-state index in [9.17, 15) is 0 Å². The summed E-state index contributed by atoms with van der Waals surface area (Å²) in [5.41, 5.74) is 4.01. The van der Waals surface area contributed by atoms with Gasteiger partial charge in [-0.25, -0.2) is 0 Å². The molecule has 1 aliphatic rings. The number of hydrogen-bond acceptors (Lipinski definition) is 3. The molecule has 2 unspecified atom stereocenters. The number of aryl methyl sites for hydroxylation is 1. The van der Waals surface area contributed by atoms with Crippen molar-refractivity contribution in [2.45, 2.75) is 32.4 Å². The quantitative estimate of drug-likeness (QED) is 0.921. The monoisotopic (exact) mass is 273 g/mol. The van der Waals surface area contributed by atoms with E-state index in [2.05, 4.69) is 48.8 Å². The molecule has 19 heavy (non-hydrogen) atoms. The molecule has 1 aromatic heterocycles. The fourth-order valence-electron chi connectivity index (χ4n) is 2.75. The first kappa shape index (κ1) is 12.7. The minimum absolute atomic E-state index is 0.279. The van der Waals surface area contributed by atoms with Crippen LogP contribution in [0.5, 0.6) is 5.75 Å². The van der Waals surface area contributed by atoms with Gasteiger partial charge in [-0.3, -0.25) is 0 Å². The van der Waals surface area contributed by atoms with Crippen molar-refractivity contribution in [3.05, 3.63) is 51.2 Å². The van der Waals surface area contributed by atoms with Gasteiger partial charge in [-0.2, -0.15) is 0 Å². The van der Waals surface area contributed by atoms with Gasteiger partial charge in [-0.05, 0) is 55.1 Å². The molecule has 0 fully saturated rings. The van der Waals surface area contributed by atoms with E-state index in [1.165, 1.54) is 21.6 Å². The van der Waals surface area contributed by atoms with Gasteiger partial charge in [-0.1, -0.05) is 12.1 Å². The molecule has 3 rings (SSSR count). The Morgan fingerprint density at radius 1 is 1.37 bits per heavy atom. The first-order valence-electron chi connectivity index (χ1n) is 6.69. The summed E-state index contributed by atoms with van der Waals surface area (Å²) in [6.45, 7) is 4.30. The van der Waals surface area contributed by atoms with Crippen LogP contribution in [0.1, 0.15) is 34.5 Å². The van der Waals surface area contributed by atoms with Gasteiger partial charge < -0.3 is 10.1 Å². The molecular formula is C16H19NOS. The van der Waals surface area contributed by atoms with Gasteiger partial charge in [0.1, 0.15) is 11.9 Å². The average Bonchev–Trinajstić information content (AvgIpc) is 2.95. The minimum Gasteiger partial charge on any atom is -0.490 e. The lowest BCUT2D eigenvalue weighted by molar-refractivity contribution is 0.254. The Hall–Kier alpha value is -1.32. The summed E-state index contributed by atoms with van der Waals surface area (Å²) in [4.78, 5) is 1.40. The average molecular weight is 273 g/mol. The summed E-state index contributed by atoms with van der Waals surface area (Å²) in [7, 11) is 2.02. The highest BCUT2D eigenvalue weighted by Crippen LogP contribution is 2.34. The van der Waals surface area contributed by atoms with Crippen molar-refractivity contribution < 1.29 is 4.74 Å². The maximum absolute atomic E-state index is 5.77. The summed E-state index contributed by atoms with van der Waals surface area (Å²) in [5, 5.41) is 5.59. The van der Waals surface area contributed by atoms with E-state index in [0.717, 1.165) is 12.2 Å². The van der Waals surface area contributed by atoms with Crippen LogP contribution in [0.25, 0.3) is 0 Å². The zero-order valence-corrected chi connectivity index (χ0v) is 12.4. The second-order valence-corrected chi connectivity index (χ2v) is 6.14. The number of thiophene rings is 1. The Morgan fingerprint density at radius 3 is 2.89 bits per heavy atom. The molecule has 0 bridgehead atoms. The van der Waals surface area contributed by atoms with Crippen LogP contribution < -0.4 is 10.1 Å². The second kappa shape index (κ2) is 4.99. The molecule has 2 heterocycles. The Bertz CT molecular complexity index is 590. The molecule has 0 spiro atoms. The van der Waals surface area contributed by atoms with Crippen LogP contribution in [0, 0.1) is 6.92 Å². The first-order valence-corrected chi connectivity index (χ1v) is 7.57. The third-order valence-corrected chi connectivity index (χ3v) is 4.79. The van der Waals surface area contributed by atoms with Crippen molar-refractivity contribution in [3.63, 3.8) is 0 Å². The van der Waals surface area contributed by atoms with E-state index < -0.39 is 0 Å². The minimum atomic E-state index is 0.279. The molecule has 100 valence electrons. The standard InChI is InChI=1S/C16H19NOS/c1-10-6-7-19-16(10)15(17-3)12-4-5-14-13(9-12)8-11(2)18-14/h4-7,9,11,15,17H,8H2,1-3H3. The van der Waals surface area contributed by atoms with E-state index >= 15 is 0 Å². The van der Waals surface area contributed by atoms with Crippen molar-refractivity contribution in [1.82, 2.24) is 5.32 Å². The number of ether oxygens (including phenoxy) is 1. The zero-order chi connectivity index (χ0) is 13.4. The summed E-state index contributed by atoms with van der Waals surface area (Å²) < 4.78 is 5.77. The van der Waals surface area contributed by atoms with Crippen LogP contribution >= 0.6 is 11.3 Å². The van der Waals surface area contributed by atoms with E-state index in [-0.39, 0.29) is 6.04 Å². The molecule has 0 aliphatic carbocycles. The van der Waals surface area contributed by atoms with Gasteiger partial charge in [0, 0.05) is 11.3 Å². The molecular weight excluding hydrogens is 254 g/mol. The van der Waals surface area contributed by atoms with Crippen LogP contribution in [0.4, 0.5) is 0 Å². The molecule has 0 amide bonds. The highest BCUT2D eigenvalue weighted by atomic mass is 32.1. The highest BCUT2D eigenvalue weighted by molar-refractivity contribution is 7.10. The van der Waals surface area contributed by atoms with Crippen molar-refractivity contribution in [3.8, 4) is 5.75 Å². The van der Waals surface area contributed by atoms with Gasteiger partial charge in [0.15, 0.2) is 0 Å². The van der Waals surface area contributed by atoms with E-state index in [4.69, 9.17) is 4.74 Å². The third kappa shape index (κ3) is 2.28. The Morgan fingerprint density at radius 2 is 2.21 bits per heavy atom. The van der Waals surface area contributed by atoms with Crippen LogP contribution in [0.3, 0.4) is 0 Å². The van der Waals surface area contributed by atoms with Gasteiger partial charge >= 0.3 is 0 Å². The lowest BCUT2D eigenvalue weighted by Gasteiger charge is -2.17. The smallest absolute Gasteiger partial charge is 0.123 e. The zero-order valence-electron chi connectivity index (χ0n) is 11.6. The lowest BCUT2D eigenvalue weighted by atomic mass is 9.99.